The molecule has 2 rings (SSSR count). The maximum Gasteiger partial charge on any atom is 0.0453 e. The fraction of sp³-hybridized carbons (Fsp3) is 0.647. The van der Waals surface area contributed by atoms with Gasteiger partial charge < -0.3 is 5.32 Å². The fourth-order valence-electron chi connectivity index (χ4n) is 2.76. The summed E-state index contributed by atoms with van der Waals surface area (Å²) in [6.07, 6.45) is 2.58. The molecule has 0 bridgehead atoms. The SMILES string of the molecule is Cc1ccc(CN2CCCC2CNC(C)(C)C)c(Cl)c1. The summed E-state index contributed by atoms with van der Waals surface area (Å²) in [5, 5.41) is 4.53. The third-order valence-electron chi connectivity index (χ3n) is 3.95. The van der Waals surface area contributed by atoms with Crippen molar-refractivity contribution >= 4 is 11.6 Å². The van der Waals surface area contributed by atoms with Crippen LogP contribution in [0, 0.1) is 6.92 Å². The Hall–Kier alpha value is -0.570. The Morgan fingerprint density at radius 3 is 2.75 bits per heavy atom. The van der Waals surface area contributed by atoms with Crippen molar-refractivity contribution in [3.8, 4) is 0 Å². The molecule has 1 unspecified atom stereocenters. The average Bonchev–Trinajstić information content (AvgIpc) is 2.77. The molecular weight excluding hydrogens is 268 g/mol. The maximum atomic E-state index is 6.36. The molecule has 1 heterocycles. The highest BCUT2D eigenvalue weighted by Crippen LogP contribution is 2.24. The van der Waals surface area contributed by atoms with Crippen LogP contribution in [-0.4, -0.2) is 29.6 Å². The first kappa shape index (κ1) is 15.8. The molecule has 0 spiro atoms. The van der Waals surface area contributed by atoms with E-state index in [2.05, 4.69) is 56.1 Å². The summed E-state index contributed by atoms with van der Waals surface area (Å²) >= 11 is 6.36. The van der Waals surface area contributed by atoms with Gasteiger partial charge >= 0.3 is 0 Å². The molecule has 1 aromatic carbocycles. The summed E-state index contributed by atoms with van der Waals surface area (Å²) in [6.45, 7) is 12.0. The second kappa shape index (κ2) is 6.46. The zero-order valence-electron chi connectivity index (χ0n) is 13.2. The van der Waals surface area contributed by atoms with Crippen LogP contribution < -0.4 is 5.32 Å². The lowest BCUT2D eigenvalue weighted by atomic mass is 10.1. The molecular formula is C17H27ClN2. The van der Waals surface area contributed by atoms with E-state index < -0.39 is 0 Å². The molecule has 112 valence electrons. The number of nitrogens with one attached hydrogen (secondary N) is 1. The van der Waals surface area contributed by atoms with E-state index in [0.717, 1.165) is 18.1 Å². The third kappa shape index (κ3) is 4.47. The molecule has 0 aromatic heterocycles. The lowest BCUT2D eigenvalue weighted by Gasteiger charge is -2.29. The van der Waals surface area contributed by atoms with Gasteiger partial charge in [0.15, 0.2) is 0 Å². The quantitative estimate of drug-likeness (QED) is 0.903. The van der Waals surface area contributed by atoms with E-state index in [0.29, 0.717) is 6.04 Å². The molecule has 1 aromatic rings. The summed E-state index contributed by atoms with van der Waals surface area (Å²) in [5.74, 6) is 0. The Labute approximate surface area is 128 Å². The van der Waals surface area contributed by atoms with E-state index in [-0.39, 0.29) is 5.54 Å². The van der Waals surface area contributed by atoms with Crippen molar-refractivity contribution in [1.82, 2.24) is 10.2 Å². The Bertz CT molecular complexity index is 451. The second-order valence-electron chi connectivity index (χ2n) is 6.99. The Morgan fingerprint density at radius 1 is 1.35 bits per heavy atom. The largest absolute Gasteiger partial charge is 0.311 e. The number of nitrogens with zero attached hydrogens (tertiary/aromatic N) is 1. The Balaban J connectivity index is 1.97. The van der Waals surface area contributed by atoms with Gasteiger partial charge in [-0.05, 0) is 64.3 Å². The number of rotatable bonds is 4. The summed E-state index contributed by atoms with van der Waals surface area (Å²) in [6, 6.07) is 7.02. The molecule has 1 aliphatic rings. The van der Waals surface area contributed by atoms with Crippen molar-refractivity contribution < 1.29 is 0 Å². The van der Waals surface area contributed by atoms with Gasteiger partial charge in [-0.2, -0.15) is 0 Å². The first-order valence-electron chi connectivity index (χ1n) is 7.59. The number of hydrogen-bond donors (Lipinski definition) is 1. The zero-order valence-corrected chi connectivity index (χ0v) is 13.9. The fourth-order valence-corrected chi connectivity index (χ4v) is 3.05. The van der Waals surface area contributed by atoms with Gasteiger partial charge in [0, 0.05) is 29.7 Å². The van der Waals surface area contributed by atoms with Gasteiger partial charge in [0.2, 0.25) is 0 Å². The third-order valence-corrected chi connectivity index (χ3v) is 4.30. The predicted molar refractivity (Wildman–Crippen MR) is 87.4 cm³/mol. The van der Waals surface area contributed by atoms with E-state index in [4.69, 9.17) is 11.6 Å². The number of aryl methyl sites for hydroxylation is 1. The van der Waals surface area contributed by atoms with Crippen LogP contribution in [-0.2, 0) is 6.54 Å². The highest BCUT2D eigenvalue weighted by atomic mass is 35.5. The maximum absolute atomic E-state index is 6.36. The van der Waals surface area contributed by atoms with Crippen molar-refractivity contribution in [1.29, 1.82) is 0 Å². The van der Waals surface area contributed by atoms with Crippen molar-refractivity contribution in [3.05, 3.63) is 34.3 Å². The second-order valence-corrected chi connectivity index (χ2v) is 7.40. The summed E-state index contributed by atoms with van der Waals surface area (Å²) in [4.78, 5) is 2.56. The van der Waals surface area contributed by atoms with Gasteiger partial charge in [-0.25, -0.2) is 0 Å². The zero-order chi connectivity index (χ0) is 14.8. The van der Waals surface area contributed by atoms with Crippen molar-refractivity contribution in [2.45, 2.75) is 58.7 Å². The van der Waals surface area contributed by atoms with Crippen LogP contribution >= 0.6 is 11.6 Å². The van der Waals surface area contributed by atoms with Gasteiger partial charge in [-0.3, -0.25) is 4.90 Å². The monoisotopic (exact) mass is 294 g/mol. The summed E-state index contributed by atoms with van der Waals surface area (Å²) in [7, 11) is 0. The number of halogens is 1. The molecule has 3 heteroatoms. The average molecular weight is 295 g/mol. The first-order chi connectivity index (χ1) is 9.35. The Morgan fingerprint density at radius 2 is 2.10 bits per heavy atom. The van der Waals surface area contributed by atoms with E-state index in [1.54, 1.807) is 0 Å². The lowest BCUT2D eigenvalue weighted by molar-refractivity contribution is 0.226. The van der Waals surface area contributed by atoms with Crippen molar-refractivity contribution in [3.63, 3.8) is 0 Å². The highest BCUT2D eigenvalue weighted by Gasteiger charge is 2.26. The molecule has 1 atom stereocenters. The van der Waals surface area contributed by atoms with Gasteiger partial charge in [0.25, 0.3) is 0 Å². The molecule has 0 radical (unpaired) electrons. The standard InChI is InChI=1S/C17H27ClN2/c1-13-7-8-14(16(18)10-13)12-20-9-5-6-15(20)11-19-17(2,3)4/h7-8,10,15,19H,5-6,9,11-12H2,1-4H3. The van der Waals surface area contributed by atoms with Crippen LogP contribution in [0.4, 0.5) is 0 Å². The minimum absolute atomic E-state index is 0.190. The number of hydrogen-bond acceptors (Lipinski definition) is 2. The van der Waals surface area contributed by atoms with E-state index in [9.17, 15) is 0 Å². The molecule has 20 heavy (non-hydrogen) atoms. The molecule has 1 fully saturated rings. The van der Waals surface area contributed by atoms with Gasteiger partial charge in [-0.1, -0.05) is 23.7 Å². The van der Waals surface area contributed by atoms with Crippen molar-refractivity contribution in [2.24, 2.45) is 0 Å². The van der Waals surface area contributed by atoms with Crippen LogP contribution in [0.1, 0.15) is 44.7 Å². The summed E-state index contributed by atoms with van der Waals surface area (Å²) < 4.78 is 0. The number of likely N-dealkylation sites (tertiary alicyclic amines) is 1. The molecule has 0 aliphatic carbocycles. The Kier molecular flexibility index (Phi) is 5.11. The molecule has 0 amide bonds. The van der Waals surface area contributed by atoms with Gasteiger partial charge in [0.05, 0.1) is 0 Å². The molecule has 1 aliphatic heterocycles. The van der Waals surface area contributed by atoms with Crippen LogP contribution in [0.2, 0.25) is 5.02 Å². The van der Waals surface area contributed by atoms with E-state index in [1.165, 1.54) is 30.5 Å². The topological polar surface area (TPSA) is 15.3 Å². The molecule has 0 saturated carbocycles. The van der Waals surface area contributed by atoms with Crippen molar-refractivity contribution in [2.75, 3.05) is 13.1 Å². The van der Waals surface area contributed by atoms with E-state index in [1.807, 2.05) is 0 Å². The van der Waals surface area contributed by atoms with Crippen LogP contribution in [0.15, 0.2) is 18.2 Å². The van der Waals surface area contributed by atoms with Crippen LogP contribution in [0.3, 0.4) is 0 Å². The number of benzene rings is 1. The van der Waals surface area contributed by atoms with E-state index >= 15 is 0 Å². The van der Waals surface area contributed by atoms with Gasteiger partial charge in [-0.15, -0.1) is 0 Å². The molecule has 1 saturated heterocycles. The first-order valence-corrected chi connectivity index (χ1v) is 7.97. The summed E-state index contributed by atoms with van der Waals surface area (Å²) in [5.41, 5.74) is 2.67. The van der Waals surface area contributed by atoms with Crippen LogP contribution in [0.5, 0.6) is 0 Å². The minimum Gasteiger partial charge on any atom is -0.311 e. The molecule has 1 N–H and O–H groups in total. The van der Waals surface area contributed by atoms with Crippen LogP contribution in [0.25, 0.3) is 0 Å². The minimum atomic E-state index is 0.190. The predicted octanol–water partition coefficient (Wildman–Crippen LogP) is 4.00. The molecule has 2 nitrogen and oxygen atoms in total. The smallest absolute Gasteiger partial charge is 0.0453 e. The lowest BCUT2D eigenvalue weighted by Crippen LogP contribution is -2.45. The van der Waals surface area contributed by atoms with Gasteiger partial charge in [0.1, 0.15) is 0 Å². The normalized spacial score (nSPS) is 20.6. The highest BCUT2D eigenvalue weighted by molar-refractivity contribution is 6.31.